The van der Waals surface area contributed by atoms with E-state index in [4.69, 9.17) is 0 Å². The van der Waals surface area contributed by atoms with Gasteiger partial charge in [0, 0.05) is 12.7 Å². The molecule has 19 heavy (non-hydrogen) atoms. The van der Waals surface area contributed by atoms with Gasteiger partial charge in [0.15, 0.2) is 0 Å². The first-order chi connectivity index (χ1) is 9.01. The lowest BCUT2D eigenvalue weighted by Gasteiger charge is -2.12. The van der Waals surface area contributed by atoms with Gasteiger partial charge in [-0.2, -0.15) is 13.2 Å². The molecular weight excluding hydrogens is 253 g/mol. The van der Waals surface area contributed by atoms with Crippen LogP contribution in [-0.2, 0) is 13.1 Å². The third kappa shape index (κ3) is 3.50. The summed E-state index contributed by atoms with van der Waals surface area (Å²) in [5.74, 6) is 0. The van der Waals surface area contributed by atoms with E-state index < -0.39 is 12.7 Å². The van der Waals surface area contributed by atoms with Crippen LogP contribution in [0.1, 0.15) is 18.9 Å². The van der Waals surface area contributed by atoms with Gasteiger partial charge in [-0.1, -0.05) is 25.1 Å². The van der Waals surface area contributed by atoms with Crippen LogP contribution in [0.2, 0.25) is 0 Å². The Labute approximate surface area is 110 Å². The van der Waals surface area contributed by atoms with E-state index in [1.54, 1.807) is 6.07 Å². The van der Waals surface area contributed by atoms with Crippen LogP contribution < -0.4 is 5.32 Å². The van der Waals surface area contributed by atoms with Gasteiger partial charge in [-0.25, -0.2) is 0 Å². The molecule has 1 aromatic carbocycles. The van der Waals surface area contributed by atoms with Crippen LogP contribution in [0.3, 0.4) is 0 Å². The van der Waals surface area contributed by atoms with Crippen molar-refractivity contribution in [2.45, 2.75) is 32.6 Å². The molecule has 5 heteroatoms. The van der Waals surface area contributed by atoms with E-state index in [-0.39, 0.29) is 0 Å². The number of halogens is 3. The van der Waals surface area contributed by atoms with Crippen molar-refractivity contribution in [2.24, 2.45) is 0 Å². The van der Waals surface area contributed by atoms with Crippen molar-refractivity contribution < 1.29 is 13.2 Å². The van der Waals surface area contributed by atoms with Crippen molar-refractivity contribution in [3.8, 4) is 0 Å². The van der Waals surface area contributed by atoms with Gasteiger partial charge >= 0.3 is 6.18 Å². The van der Waals surface area contributed by atoms with Crippen molar-refractivity contribution in [1.82, 2.24) is 9.88 Å². The highest BCUT2D eigenvalue weighted by Gasteiger charge is 2.28. The van der Waals surface area contributed by atoms with Gasteiger partial charge in [0.25, 0.3) is 0 Å². The lowest BCUT2D eigenvalue weighted by atomic mass is 10.1. The third-order valence-corrected chi connectivity index (χ3v) is 2.96. The predicted octanol–water partition coefficient (Wildman–Crippen LogP) is 3.70. The smallest absolute Gasteiger partial charge is 0.338 e. The summed E-state index contributed by atoms with van der Waals surface area (Å²) in [5, 5.41) is 4.08. The molecule has 0 bridgehead atoms. The minimum atomic E-state index is -4.20. The van der Waals surface area contributed by atoms with Crippen LogP contribution in [-0.4, -0.2) is 17.3 Å². The van der Waals surface area contributed by atoms with Gasteiger partial charge in [0.1, 0.15) is 6.54 Å². The van der Waals surface area contributed by atoms with Gasteiger partial charge in [0.2, 0.25) is 0 Å². The van der Waals surface area contributed by atoms with Gasteiger partial charge in [0.05, 0.1) is 5.52 Å². The second-order valence-corrected chi connectivity index (χ2v) is 4.59. The lowest BCUT2D eigenvalue weighted by molar-refractivity contribution is -0.139. The molecule has 1 aromatic heterocycles. The van der Waals surface area contributed by atoms with E-state index in [9.17, 15) is 13.2 Å². The normalized spacial score (nSPS) is 12.2. The molecule has 2 aromatic rings. The van der Waals surface area contributed by atoms with Gasteiger partial charge in [-0.05, 0) is 30.0 Å². The number of rotatable bonds is 5. The summed E-state index contributed by atoms with van der Waals surface area (Å²) in [6.45, 7) is 2.56. The number of alkyl halides is 3. The minimum Gasteiger partial charge on any atom is -0.338 e. The van der Waals surface area contributed by atoms with E-state index >= 15 is 0 Å². The number of aromatic nitrogens is 1. The summed E-state index contributed by atoms with van der Waals surface area (Å²) < 4.78 is 38.9. The monoisotopic (exact) mass is 270 g/mol. The zero-order valence-electron chi connectivity index (χ0n) is 10.8. The van der Waals surface area contributed by atoms with Crippen LogP contribution in [0.25, 0.3) is 10.9 Å². The summed E-state index contributed by atoms with van der Waals surface area (Å²) in [5.41, 5.74) is 1.57. The van der Waals surface area contributed by atoms with Crippen molar-refractivity contribution in [3.05, 3.63) is 36.0 Å². The maximum absolute atomic E-state index is 12.5. The first kappa shape index (κ1) is 13.9. The number of fused-ring (bicyclic) bond motifs is 1. The van der Waals surface area contributed by atoms with Crippen LogP contribution in [0.15, 0.2) is 30.5 Å². The van der Waals surface area contributed by atoms with Crippen LogP contribution in [0.5, 0.6) is 0 Å². The molecule has 1 heterocycles. The fraction of sp³-hybridized carbons (Fsp3) is 0.429. The molecule has 2 nitrogen and oxygen atoms in total. The van der Waals surface area contributed by atoms with E-state index in [1.807, 2.05) is 18.2 Å². The SMILES string of the molecule is CCCNCc1cccc2ccn(CC(F)(F)F)c12. The zero-order chi connectivity index (χ0) is 13.9. The van der Waals surface area contributed by atoms with Crippen LogP contribution in [0, 0.1) is 0 Å². The van der Waals surface area contributed by atoms with Gasteiger partial charge in [-0.15, -0.1) is 0 Å². The molecule has 0 saturated carbocycles. The molecule has 0 atom stereocenters. The standard InChI is InChI=1S/C14H17F3N2/c1-2-7-18-9-12-5-3-4-11-6-8-19(13(11)12)10-14(15,16)17/h3-6,8,18H,2,7,9-10H2,1H3. The van der Waals surface area contributed by atoms with Crippen molar-refractivity contribution in [2.75, 3.05) is 6.54 Å². The average Bonchev–Trinajstić information content (AvgIpc) is 2.72. The van der Waals surface area contributed by atoms with E-state index in [0.29, 0.717) is 12.1 Å². The van der Waals surface area contributed by atoms with Crippen molar-refractivity contribution in [1.29, 1.82) is 0 Å². The number of para-hydroxylation sites is 1. The Morgan fingerprint density at radius 2 is 2.00 bits per heavy atom. The molecule has 0 aliphatic carbocycles. The fourth-order valence-corrected chi connectivity index (χ4v) is 2.21. The quantitative estimate of drug-likeness (QED) is 0.820. The maximum Gasteiger partial charge on any atom is 0.406 e. The molecule has 2 rings (SSSR count). The maximum atomic E-state index is 12.5. The third-order valence-electron chi connectivity index (χ3n) is 2.96. The van der Waals surface area contributed by atoms with E-state index in [1.165, 1.54) is 10.8 Å². The van der Waals surface area contributed by atoms with Crippen molar-refractivity contribution >= 4 is 10.9 Å². The number of nitrogens with one attached hydrogen (secondary N) is 1. The summed E-state index contributed by atoms with van der Waals surface area (Å²) in [6.07, 6.45) is -1.70. The zero-order valence-corrected chi connectivity index (χ0v) is 10.8. The first-order valence-corrected chi connectivity index (χ1v) is 6.35. The van der Waals surface area contributed by atoms with Crippen LogP contribution in [0.4, 0.5) is 13.2 Å². The molecule has 0 aliphatic rings. The Morgan fingerprint density at radius 1 is 1.21 bits per heavy atom. The number of benzene rings is 1. The molecule has 1 N–H and O–H groups in total. The van der Waals surface area contributed by atoms with Gasteiger partial charge < -0.3 is 9.88 Å². The highest BCUT2D eigenvalue weighted by Crippen LogP contribution is 2.25. The molecule has 0 spiro atoms. The minimum absolute atomic E-state index is 0.590. The second-order valence-electron chi connectivity index (χ2n) is 4.59. The lowest BCUT2D eigenvalue weighted by Crippen LogP contribution is -2.18. The molecule has 0 amide bonds. The number of nitrogens with zero attached hydrogens (tertiary/aromatic N) is 1. The Kier molecular flexibility index (Phi) is 4.14. The fourth-order valence-electron chi connectivity index (χ4n) is 2.21. The summed E-state index contributed by atoms with van der Waals surface area (Å²) >= 11 is 0. The Balaban J connectivity index is 2.32. The number of hydrogen-bond donors (Lipinski definition) is 1. The molecular formula is C14H17F3N2. The summed E-state index contributed by atoms with van der Waals surface area (Å²) in [4.78, 5) is 0. The second kappa shape index (κ2) is 5.65. The Bertz CT molecular complexity index is 543. The summed E-state index contributed by atoms with van der Waals surface area (Å²) in [6, 6.07) is 7.32. The van der Waals surface area contributed by atoms with Crippen molar-refractivity contribution in [3.63, 3.8) is 0 Å². The molecule has 0 saturated heterocycles. The average molecular weight is 270 g/mol. The summed E-state index contributed by atoms with van der Waals surface area (Å²) in [7, 11) is 0. The highest BCUT2D eigenvalue weighted by molar-refractivity contribution is 5.83. The van der Waals surface area contributed by atoms with E-state index in [2.05, 4.69) is 12.2 Å². The Morgan fingerprint density at radius 3 is 2.68 bits per heavy atom. The number of hydrogen-bond acceptors (Lipinski definition) is 1. The highest BCUT2D eigenvalue weighted by atomic mass is 19.4. The topological polar surface area (TPSA) is 17.0 Å². The van der Waals surface area contributed by atoms with Crippen LogP contribution >= 0.6 is 0 Å². The molecule has 0 aliphatic heterocycles. The van der Waals surface area contributed by atoms with E-state index in [0.717, 1.165) is 23.9 Å². The molecule has 104 valence electrons. The predicted molar refractivity (Wildman–Crippen MR) is 70.0 cm³/mol. The largest absolute Gasteiger partial charge is 0.406 e. The van der Waals surface area contributed by atoms with Gasteiger partial charge in [-0.3, -0.25) is 0 Å². The Hall–Kier alpha value is -1.49. The molecule has 0 radical (unpaired) electrons. The molecule has 0 unspecified atom stereocenters. The first-order valence-electron chi connectivity index (χ1n) is 6.35. The molecule has 0 fully saturated rings.